The van der Waals surface area contributed by atoms with Gasteiger partial charge in [-0.1, -0.05) is 0 Å². The Morgan fingerprint density at radius 2 is 2.00 bits per heavy atom. The second-order valence-electron chi connectivity index (χ2n) is 0.577. The average Bonchev–Trinajstić information content (AvgIpc) is 1.37. The van der Waals surface area contributed by atoms with E-state index in [1.165, 1.54) is 0 Å². The summed E-state index contributed by atoms with van der Waals surface area (Å²) < 4.78 is 0. The number of hydrogen-bond donors (Lipinski definition) is 0. The van der Waals surface area contributed by atoms with E-state index in [-0.39, 0.29) is 41.3 Å². The molecule has 0 heterocycles. The normalized spacial score (nSPS) is 5.00. The molecule has 27 valence electrons. The van der Waals surface area contributed by atoms with Gasteiger partial charge in [0.2, 0.25) is 0 Å². The Labute approximate surface area is 66.6 Å². The smallest absolute Gasteiger partial charge is 0 e. The van der Waals surface area contributed by atoms with Crippen molar-refractivity contribution in [3.05, 3.63) is 19.6 Å². The fourth-order valence-electron chi connectivity index (χ4n) is 0. The van der Waals surface area contributed by atoms with Gasteiger partial charge in [0.05, 0.1) is 0 Å². The zero-order valence-corrected chi connectivity index (χ0v) is 6.98. The molecule has 0 atom stereocenters. The van der Waals surface area contributed by atoms with E-state index in [9.17, 15) is 0 Å². The summed E-state index contributed by atoms with van der Waals surface area (Å²) in [7, 11) is 0. The first-order valence-electron chi connectivity index (χ1n) is 1.32. The van der Waals surface area contributed by atoms with Crippen LogP contribution in [0, 0.1) is 48.2 Å². The van der Waals surface area contributed by atoms with Crippen LogP contribution in [-0.2, 0) is 0 Å². The average molecular weight is 196 g/mol. The molecule has 0 bridgehead atoms. The van der Waals surface area contributed by atoms with Crippen LogP contribution < -0.4 is 0 Å². The van der Waals surface area contributed by atoms with E-state index in [0.29, 0.717) is 0 Å². The minimum Gasteiger partial charge on any atom is -0.340 e. The molecule has 0 aromatic heterocycles. The van der Waals surface area contributed by atoms with Gasteiger partial charge in [-0.15, -0.1) is 12.7 Å². The summed E-state index contributed by atoms with van der Waals surface area (Å²) in [5.74, 6) is 0. The van der Waals surface area contributed by atoms with Crippen molar-refractivity contribution in [2.24, 2.45) is 0 Å². The van der Waals surface area contributed by atoms with Gasteiger partial charge in [-0.3, -0.25) is 0 Å². The Balaban J connectivity index is 0. The SMILES string of the molecule is C=CC[CH2-].[Pr]. The van der Waals surface area contributed by atoms with Crippen LogP contribution >= 0.6 is 0 Å². The quantitative estimate of drug-likeness (QED) is 0.439. The van der Waals surface area contributed by atoms with Gasteiger partial charge in [0.25, 0.3) is 0 Å². The maximum atomic E-state index is 3.49. The van der Waals surface area contributed by atoms with Crippen molar-refractivity contribution in [2.75, 3.05) is 0 Å². The molecule has 0 N–H and O–H groups in total. The summed E-state index contributed by atoms with van der Waals surface area (Å²) in [6.07, 6.45) is 2.60. The van der Waals surface area contributed by atoms with E-state index in [4.69, 9.17) is 0 Å². The van der Waals surface area contributed by atoms with Crippen molar-refractivity contribution in [1.82, 2.24) is 0 Å². The van der Waals surface area contributed by atoms with E-state index in [0.717, 1.165) is 6.42 Å². The van der Waals surface area contributed by atoms with Crippen LogP contribution in [0.3, 0.4) is 0 Å². The molecule has 5 heavy (non-hydrogen) atoms. The maximum Gasteiger partial charge on any atom is 0 e. The summed E-state index contributed by atoms with van der Waals surface area (Å²) in [5, 5.41) is 0. The monoisotopic (exact) mass is 196 g/mol. The van der Waals surface area contributed by atoms with Crippen molar-refractivity contribution in [3.8, 4) is 0 Å². The van der Waals surface area contributed by atoms with E-state index in [1.807, 2.05) is 0 Å². The zero-order valence-electron chi connectivity index (χ0n) is 3.28. The molecule has 0 nitrogen and oxygen atoms in total. The third-order valence-corrected chi connectivity index (χ3v) is 0.204. The first-order chi connectivity index (χ1) is 1.91. The minimum atomic E-state index is 0. The molecule has 0 aromatic carbocycles. The zero-order chi connectivity index (χ0) is 3.41. The van der Waals surface area contributed by atoms with Crippen LogP contribution in [0.25, 0.3) is 0 Å². The van der Waals surface area contributed by atoms with Crippen molar-refractivity contribution in [2.45, 2.75) is 6.42 Å². The van der Waals surface area contributed by atoms with Gasteiger partial charge in [-0.2, -0.15) is 6.42 Å². The number of allylic oxidation sites excluding steroid dienone is 1. The molecule has 0 amide bonds. The summed E-state index contributed by atoms with van der Waals surface area (Å²) >= 11 is 0. The van der Waals surface area contributed by atoms with Gasteiger partial charge in [-0.25, -0.2) is 0 Å². The predicted octanol–water partition coefficient (Wildman–Crippen LogP) is 1.40. The molecular weight excluding hydrogens is 189 g/mol. The molecule has 0 aliphatic heterocycles. The van der Waals surface area contributed by atoms with Gasteiger partial charge in [0.1, 0.15) is 0 Å². The fourth-order valence-corrected chi connectivity index (χ4v) is 0. The largest absolute Gasteiger partial charge is 0.340 e. The van der Waals surface area contributed by atoms with Gasteiger partial charge < -0.3 is 6.92 Å². The molecule has 0 saturated carbocycles. The molecule has 0 saturated heterocycles. The number of hydrogen-bond acceptors (Lipinski definition) is 0. The summed E-state index contributed by atoms with van der Waals surface area (Å²) in [6, 6.07) is 0. The van der Waals surface area contributed by atoms with Crippen molar-refractivity contribution >= 4 is 0 Å². The molecule has 0 fully saturated rings. The second-order valence-corrected chi connectivity index (χ2v) is 0.577. The van der Waals surface area contributed by atoms with Crippen LogP contribution in [0.2, 0.25) is 0 Å². The molecule has 1 radical (unpaired) electrons. The van der Waals surface area contributed by atoms with Gasteiger partial charge >= 0.3 is 0 Å². The van der Waals surface area contributed by atoms with Crippen LogP contribution in [-0.4, -0.2) is 0 Å². The molecule has 0 rings (SSSR count). The molecule has 0 aliphatic carbocycles. The van der Waals surface area contributed by atoms with E-state index in [1.54, 1.807) is 6.08 Å². The minimum absolute atomic E-state index is 0. The molecule has 0 spiro atoms. The van der Waals surface area contributed by atoms with E-state index < -0.39 is 0 Å². The van der Waals surface area contributed by atoms with Crippen molar-refractivity contribution in [1.29, 1.82) is 0 Å². The van der Waals surface area contributed by atoms with Gasteiger partial charge in [0.15, 0.2) is 0 Å². The topological polar surface area (TPSA) is 0 Å². The third-order valence-electron chi connectivity index (χ3n) is 0.204. The van der Waals surface area contributed by atoms with E-state index >= 15 is 0 Å². The first kappa shape index (κ1) is 9.44. The molecular formula is C4H7Pr-. The number of rotatable bonds is 1. The second kappa shape index (κ2) is 8.92. The molecule has 0 aliphatic rings. The molecule has 0 aromatic rings. The van der Waals surface area contributed by atoms with Crippen LogP contribution in [0.4, 0.5) is 0 Å². The third kappa shape index (κ3) is 11.1. The van der Waals surface area contributed by atoms with Crippen LogP contribution in [0.1, 0.15) is 6.42 Å². The predicted molar refractivity (Wildman–Crippen MR) is 20.2 cm³/mol. The Morgan fingerprint density at radius 1 is 1.80 bits per heavy atom. The van der Waals surface area contributed by atoms with Gasteiger partial charge in [0, 0.05) is 41.3 Å². The summed E-state index contributed by atoms with van der Waals surface area (Å²) in [4.78, 5) is 0. The van der Waals surface area contributed by atoms with Crippen LogP contribution in [0.5, 0.6) is 0 Å². The molecule has 1 heteroatoms. The Hall–Kier alpha value is 1.10. The van der Waals surface area contributed by atoms with Crippen molar-refractivity contribution in [3.63, 3.8) is 0 Å². The van der Waals surface area contributed by atoms with Gasteiger partial charge in [-0.05, 0) is 0 Å². The molecule has 0 unspecified atom stereocenters. The van der Waals surface area contributed by atoms with Crippen molar-refractivity contribution < 1.29 is 41.3 Å². The Morgan fingerprint density at radius 3 is 2.00 bits per heavy atom. The first-order valence-corrected chi connectivity index (χ1v) is 1.32. The Kier molecular flexibility index (Phi) is 16.8. The van der Waals surface area contributed by atoms with E-state index in [2.05, 4.69) is 13.5 Å². The maximum absolute atomic E-state index is 3.49. The fraction of sp³-hybridized carbons (Fsp3) is 0.250. The summed E-state index contributed by atoms with van der Waals surface area (Å²) in [6.45, 7) is 6.90. The summed E-state index contributed by atoms with van der Waals surface area (Å²) in [5.41, 5.74) is 0. The van der Waals surface area contributed by atoms with Crippen LogP contribution in [0.15, 0.2) is 12.7 Å². The Bertz CT molecular complexity index is 17.6. The standard InChI is InChI=1S/C4H7.Pr/c1-3-4-2;/h3H,1-2,4H2;/q-1;.